The first-order valence-electron chi connectivity index (χ1n) is 6.10. The van der Waals surface area contributed by atoms with Gasteiger partial charge in [-0.2, -0.15) is 0 Å². The molecule has 0 amide bonds. The minimum absolute atomic E-state index is 0.265. The minimum Gasteiger partial charge on any atom is -0.478 e. The highest BCUT2D eigenvalue weighted by molar-refractivity contribution is 5.89. The van der Waals surface area contributed by atoms with Crippen LogP contribution < -0.4 is 4.90 Å². The zero-order valence-corrected chi connectivity index (χ0v) is 10.7. The van der Waals surface area contributed by atoms with Crippen LogP contribution in [0, 0.1) is 6.92 Å². The van der Waals surface area contributed by atoms with Gasteiger partial charge in [0.25, 0.3) is 0 Å². The Bertz CT molecular complexity index is 444. The summed E-state index contributed by atoms with van der Waals surface area (Å²) < 4.78 is 5.10. The summed E-state index contributed by atoms with van der Waals surface area (Å²) in [5.41, 5.74) is 0.823. The molecule has 0 spiro atoms. The van der Waals surface area contributed by atoms with Crippen LogP contribution in [0.5, 0.6) is 0 Å². The predicted molar refractivity (Wildman–Crippen MR) is 68.2 cm³/mol. The first-order valence-corrected chi connectivity index (χ1v) is 6.10. The molecule has 0 unspecified atom stereocenters. The number of methoxy groups -OCH3 is 1. The highest BCUT2D eigenvalue weighted by Gasteiger charge is 2.30. The topological polar surface area (TPSA) is 62.7 Å². The summed E-state index contributed by atoms with van der Waals surface area (Å²) in [5, 5.41) is 8.98. The molecule has 1 saturated carbocycles. The number of carboxylic acids is 1. The van der Waals surface area contributed by atoms with Crippen molar-refractivity contribution in [3.05, 3.63) is 23.4 Å². The van der Waals surface area contributed by atoms with E-state index in [2.05, 4.69) is 9.88 Å². The van der Waals surface area contributed by atoms with Crippen LogP contribution in [0.25, 0.3) is 0 Å². The number of ether oxygens (including phenoxy) is 1. The number of aromatic carboxylic acids is 1. The molecule has 0 aromatic carbocycles. The van der Waals surface area contributed by atoms with Crippen LogP contribution in [0.15, 0.2) is 12.1 Å². The van der Waals surface area contributed by atoms with Crippen molar-refractivity contribution in [2.45, 2.75) is 25.8 Å². The minimum atomic E-state index is -0.929. The quantitative estimate of drug-likeness (QED) is 0.832. The van der Waals surface area contributed by atoms with E-state index in [1.165, 1.54) is 12.8 Å². The number of carbonyl (C=O) groups is 1. The van der Waals surface area contributed by atoms with E-state index in [0.29, 0.717) is 18.3 Å². The predicted octanol–water partition coefficient (Wildman–Crippen LogP) is 1.70. The molecule has 2 rings (SSSR count). The van der Waals surface area contributed by atoms with Crippen molar-refractivity contribution >= 4 is 11.8 Å². The average Bonchev–Trinajstić information content (AvgIpc) is 3.13. The molecule has 0 atom stereocenters. The lowest BCUT2D eigenvalue weighted by atomic mass is 10.2. The lowest BCUT2D eigenvalue weighted by Gasteiger charge is -2.23. The van der Waals surface area contributed by atoms with Gasteiger partial charge in [-0.1, -0.05) is 0 Å². The van der Waals surface area contributed by atoms with Crippen molar-refractivity contribution in [3.8, 4) is 0 Å². The molecule has 5 nitrogen and oxygen atoms in total. The Balaban J connectivity index is 2.19. The van der Waals surface area contributed by atoms with Crippen LogP contribution >= 0.6 is 0 Å². The van der Waals surface area contributed by atoms with Crippen LogP contribution in [0.1, 0.15) is 28.9 Å². The van der Waals surface area contributed by atoms with Crippen LogP contribution in [-0.4, -0.2) is 42.4 Å². The molecule has 0 saturated heterocycles. The molecule has 98 valence electrons. The number of hydrogen-bond acceptors (Lipinski definition) is 4. The van der Waals surface area contributed by atoms with Crippen molar-refractivity contribution < 1.29 is 14.6 Å². The normalized spacial score (nSPS) is 14.6. The summed E-state index contributed by atoms with van der Waals surface area (Å²) in [5.74, 6) is -0.0848. The third-order valence-corrected chi connectivity index (χ3v) is 3.12. The molecule has 0 radical (unpaired) electrons. The van der Waals surface area contributed by atoms with E-state index in [1.54, 1.807) is 26.2 Å². The first-order chi connectivity index (χ1) is 8.63. The highest BCUT2D eigenvalue weighted by Crippen LogP contribution is 2.30. The number of aryl methyl sites for hydroxylation is 1. The van der Waals surface area contributed by atoms with Gasteiger partial charge in [-0.05, 0) is 31.9 Å². The maximum Gasteiger partial charge on any atom is 0.337 e. The van der Waals surface area contributed by atoms with Gasteiger partial charge in [0, 0.05) is 19.7 Å². The smallest absolute Gasteiger partial charge is 0.337 e. The number of carboxylic acid groups (broad SMARTS) is 1. The average molecular weight is 250 g/mol. The molecule has 1 aliphatic rings. The fourth-order valence-corrected chi connectivity index (χ4v) is 1.99. The van der Waals surface area contributed by atoms with Crippen molar-refractivity contribution in [3.63, 3.8) is 0 Å². The van der Waals surface area contributed by atoms with Gasteiger partial charge >= 0.3 is 5.97 Å². The fourth-order valence-electron chi connectivity index (χ4n) is 1.99. The molecule has 5 heteroatoms. The molecular weight excluding hydrogens is 232 g/mol. The van der Waals surface area contributed by atoms with Gasteiger partial charge in [-0.25, -0.2) is 9.78 Å². The number of aromatic nitrogens is 1. The van der Waals surface area contributed by atoms with Gasteiger partial charge in [0.15, 0.2) is 0 Å². The Hall–Kier alpha value is -1.62. The summed E-state index contributed by atoms with van der Waals surface area (Å²) in [6.45, 7) is 3.17. The molecule has 0 bridgehead atoms. The van der Waals surface area contributed by atoms with Gasteiger partial charge in [-0.15, -0.1) is 0 Å². The molecular formula is C13H18N2O3. The van der Waals surface area contributed by atoms with Gasteiger partial charge < -0.3 is 14.7 Å². The summed E-state index contributed by atoms with van der Waals surface area (Å²) >= 11 is 0. The molecule has 1 heterocycles. The van der Waals surface area contributed by atoms with Crippen LogP contribution in [0.4, 0.5) is 5.82 Å². The number of anilines is 1. The van der Waals surface area contributed by atoms with Crippen molar-refractivity contribution in [1.82, 2.24) is 4.98 Å². The largest absolute Gasteiger partial charge is 0.478 e. The van der Waals surface area contributed by atoms with Gasteiger partial charge in [-0.3, -0.25) is 0 Å². The molecule has 0 aliphatic heterocycles. The Morgan fingerprint density at radius 2 is 2.28 bits per heavy atom. The number of hydrogen-bond donors (Lipinski definition) is 1. The van der Waals surface area contributed by atoms with Crippen molar-refractivity contribution in [2.24, 2.45) is 0 Å². The Morgan fingerprint density at radius 3 is 2.78 bits per heavy atom. The Kier molecular flexibility index (Phi) is 3.81. The van der Waals surface area contributed by atoms with Crippen molar-refractivity contribution in [1.29, 1.82) is 0 Å². The van der Waals surface area contributed by atoms with Crippen molar-refractivity contribution in [2.75, 3.05) is 25.2 Å². The zero-order chi connectivity index (χ0) is 13.1. The van der Waals surface area contributed by atoms with E-state index in [4.69, 9.17) is 9.84 Å². The lowest BCUT2D eigenvalue weighted by Crippen LogP contribution is -2.30. The van der Waals surface area contributed by atoms with Crippen LogP contribution in [0.3, 0.4) is 0 Å². The second-order valence-corrected chi connectivity index (χ2v) is 4.52. The van der Waals surface area contributed by atoms with Gasteiger partial charge in [0.2, 0.25) is 0 Å². The standard InChI is InChI=1S/C13H18N2O3/c1-9-11(13(16)17)5-6-12(14-9)15(7-8-18-2)10-3-4-10/h5-6,10H,3-4,7-8H2,1-2H3,(H,16,17). The lowest BCUT2D eigenvalue weighted by molar-refractivity contribution is 0.0695. The summed E-state index contributed by atoms with van der Waals surface area (Å²) in [6.07, 6.45) is 2.34. The van der Waals surface area contributed by atoms with E-state index < -0.39 is 5.97 Å². The van der Waals surface area contributed by atoms with Gasteiger partial charge in [0.05, 0.1) is 17.9 Å². The SMILES string of the molecule is COCCN(c1ccc(C(=O)O)c(C)n1)C1CC1. The molecule has 1 aromatic heterocycles. The summed E-state index contributed by atoms with van der Waals surface area (Å²) in [4.78, 5) is 17.5. The first kappa shape index (κ1) is 12.8. The third kappa shape index (κ3) is 2.79. The van der Waals surface area contributed by atoms with Crippen LogP contribution in [0.2, 0.25) is 0 Å². The molecule has 1 aromatic rings. The molecule has 18 heavy (non-hydrogen) atoms. The van der Waals surface area contributed by atoms with E-state index in [-0.39, 0.29) is 5.56 Å². The molecule has 1 fully saturated rings. The van der Waals surface area contributed by atoms with Crippen LogP contribution in [-0.2, 0) is 4.74 Å². The van der Waals surface area contributed by atoms with Gasteiger partial charge in [0.1, 0.15) is 5.82 Å². The Morgan fingerprint density at radius 1 is 1.56 bits per heavy atom. The zero-order valence-electron chi connectivity index (χ0n) is 10.7. The maximum atomic E-state index is 10.9. The number of pyridine rings is 1. The second-order valence-electron chi connectivity index (χ2n) is 4.52. The third-order valence-electron chi connectivity index (χ3n) is 3.12. The monoisotopic (exact) mass is 250 g/mol. The highest BCUT2D eigenvalue weighted by atomic mass is 16.5. The van der Waals surface area contributed by atoms with E-state index in [9.17, 15) is 4.79 Å². The van der Waals surface area contributed by atoms with E-state index in [1.807, 2.05) is 0 Å². The molecule has 1 aliphatic carbocycles. The number of rotatable bonds is 6. The number of nitrogens with zero attached hydrogens (tertiary/aromatic N) is 2. The van der Waals surface area contributed by atoms with E-state index >= 15 is 0 Å². The maximum absolute atomic E-state index is 10.9. The molecule has 1 N–H and O–H groups in total. The summed E-state index contributed by atoms with van der Waals surface area (Å²) in [6, 6.07) is 3.94. The van der Waals surface area contributed by atoms with E-state index in [0.717, 1.165) is 12.4 Å². The fraction of sp³-hybridized carbons (Fsp3) is 0.538. The second kappa shape index (κ2) is 5.35. The summed E-state index contributed by atoms with van der Waals surface area (Å²) in [7, 11) is 1.68. The Labute approximate surface area is 106 Å².